The van der Waals surface area contributed by atoms with Crippen LogP contribution in [-0.4, -0.2) is 9.55 Å². The van der Waals surface area contributed by atoms with Crippen molar-refractivity contribution < 1.29 is 4.42 Å². The lowest BCUT2D eigenvalue weighted by Crippen LogP contribution is -2.22. The van der Waals surface area contributed by atoms with Gasteiger partial charge in [0.1, 0.15) is 11.0 Å². The van der Waals surface area contributed by atoms with Crippen molar-refractivity contribution in [2.75, 3.05) is 0 Å². The van der Waals surface area contributed by atoms with E-state index in [2.05, 4.69) is 4.98 Å². The third-order valence-corrected chi connectivity index (χ3v) is 3.83. The molecule has 0 saturated carbocycles. The molecule has 0 bridgehead atoms. The summed E-state index contributed by atoms with van der Waals surface area (Å²) >= 11 is 5.89. The SMILES string of the molecule is CCc1nc(=O)oc2cc(-c3ccc(Cl)cc3)n(C)c(=O)c12. The molecule has 0 amide bonds. The third-order valence-electron chi connectivity index (χ3n) is 3.58. The molecule has 22 heavy (non-hydrogen) atoms. The van der Waals surface area contributed by atoms with E-state index >= 15 is 0 Å². The lowest BCUT2D eigenvalue weighted by atomic mass is 10.1. The number of pyridine rings is 1. The number of aryl methyl sites for hydroxylation is 1. The van der Waals surface area contributed by atoms with E-state index in [0.717, 1.165) is 5.56 Å². The topological polar surface area (TPSA) is 65.1 Å². The van der Waals surface area contributed by atoms with Crippen molar-refractivity contribution in [1.82, 2.24) is 9.55 Å². The molecule has 0 atom stereocenters. The van der Waals surface area contributed by atoms with Crippen LogP contribution in [0.25, 0.3) is 22.2 Å². The molecule has 0 fully saturated rings. The second kappa shape index (κ2) is 5.42. The van der Waals surface area contributed by atoms with E-state index in [1.807, 2.05) is 19.1 Å². The van der Waals surface area contributed by atoms with Gasteiger partial charge >= 0.3 is 5.76 Å². The molecule has 112 valence electrons. The monoisotopic (exact) mass is 316 g/mol. The van der Waals surface area contributed by atoms with Crippen LogP contribution >= 0.6 is 11.6 Å². The smallest absolute Gasteiger partial charge is 0.408 e. The van der Waals surface area contributed by atoms with Gasteiger partial charge in [-0.05, 0) is 24.1 Å². The van der Waals surface area contributed by atoms with Crippen LogP contribution in [-0.2, 0) is 13.5 Å². The molecule has 3 rings (SSSR count). The summed E-state index contributed by atoms with van der Waals surface area (Å²) in [6.45, 7) is 1.84. The third kappa shape index (κ3) is 2.33. The van der Waals surface area contributed by atoms with E-state index < -0.39 is 5.76 Å². The average molecular weight is 317 g/mol. The molecule has 5 nitrogen and oxygen atoms in total. The van der Waals surface area contributed by atoms with Gasteiger partial charge in [-0.3, -0.25) is 4.79 Å². The Morgan fingerprint density at radius 3 is 2.55 bits per heavy atom. The number of benzene rings is 1. The van der Waals surface area contributed by atoms with Gasteiger partial charge in [0.25, 0.3) is 5.56 Å². The normalized spacial score (nSPS) is 11.0. The number of rotatable bonds is 2. The lowest BCUT2D eigenvalue weighted by molar-refractivity contribution is 0.525. The summed E-state index contributed by atoms with van der Waals surface area (Å²) in [7, 11) is 1.68. The molecular weight excluding hydrogens is 304 g/mol. The van der Waals surface area contributed by atoms with E-state index in [1.54, 1.807) is 25.2 Å². The predicted molar refractivity (Wildman–Crippen MR) is 85.3 cm³/mol. The second-order valence-corrected chi connectivity index (χ2v) is 5.36. The minimum atomic E-state index is -0.695. The summed E-state index contributed by atoms with van der Waals surface area (Å²) in [6.07, 6.45) is 0.484. The molecule has 2 aromatic heterocycles. The molecule has 0 aliphatic carbocycles. The fourth-order valence-electron chi connectivity index (χ4n) is 2.46. The summed E-state index contributed by atoms with van der Waals surface area (Å²) in [6, 6.07) is 8.78. The van der Waals surface area contributed by atoms with Crippen molar-refractivity contribution in [2.45, 2.75) is 13.3 Å². The van der Waals surface area contributed by atoms with E-state index in [1.165, 1.54) is 4.57 Å². The molecule has 6 heteroatoms. The fourth-order valence-corrected chi connectivity index (χ4v) is 2.58. The molecule has 0 saturated heterocycles. The van der Waals surface area contributed by atoms with Crippen molar-refractivity contribution in [2.24, 2.45) is 7.05 Å². The Morgan fingerprint density at radius 1 is 1.23 bits per heavy atom. The van der Waals surface area contributed by atoms with Crippen LogP contribution in [0.15, 0.2) is 44.3 Å². The highest BCUT2D eigenvalue weighted by atomic mass is 35.5. The molecule has 0 spiro atoms. The summed E-state index contributed by atoms with van der Waals surface area (Å²) in [5, 5.41) is 0.959. The van der Waals surface area contributed by atoms with Crippen LogP contribution in [0, 0.1) is 0 Å². The fraction of sp³-hybridized carbons (Fsp3) is 0.188. The standard InChI is InChI=1S/C16H13ClN2O3/c1-3-11-14-13(22-16(21)18-11)8-12(19(2)15(14)20)9-4-6-10(17)7-5-9/h4-8H,3H2,1-2H3. The first kappa shape index (κ1) is 14.5. The minimum Gasteiger partial charge on any atom is -0.408 e. The highest BCUT2D eigenvalue weighted by molar-refractivity contribution is 6.30. The number of aromatic nitrogens is 2. The van der Waals surface area contributed by atoms with Crippen molar-refractivity contribution in [3.05, 3.63) is 62.0 Å². The van der Waals surface area contributed by atoms with E-state index in [0.29, 0.717) is 28.2 Å². The van der Waals surface area contributed by atoms with Gasteiger partial charge in [0.05, 0.1) is 11.4 Å². The highest BCUT2D eigenvalue weighted by Crippen LogP contribution is 2.23. The van der Waals surface area contributed by atoms with Gasteiger partial charge in [-0.2, -0.15) is 4.98 Å². The molecule has 0 N–H and O–H groups in total. The molecule has 0 radical (unpaired) electrons. The lowest BCUT2D eigenvalue weighted by Gasteiger charge is -2.11. The van der Waals surface area contributed by atoms with Crippen molar-refractivity contribution in [3.8, 4) is 11.3 Å². The number of nitrogens with zero attached hydrogens (tertiary/aromatic N) is 2. The van der Waals surface area contributed by atoms with Crippen LogP contribution in [0.5, 0.6) is 0 Å². The molecule has 0 unspecified atom stereocenters. The summed E-state index contributed by atoms with van der Waals surface area (Å²) < 4.78 is 6.64. The summed E-state index contributed by atoms with van der Waals surface area (Å²) in [5.41, 5.74) is 1.92. The Kier molecular flexibility index (Phi) is 3.58. The molecule has 3 aromatic rings. The maximum absolute atomic E-state index is 12.6. The quantitative estimate of drug-likeness (QED) is 0.729. The summed E-state index contributed by atoms with van der Waals surface area (Å²) in [4.78, 5) is 27.9. The number of hydrogen-bond donors (Lipinski definition) is 0. The zero-order valence-corrected chi connectivity index (χ0v) is 12.8. The highest BCUT2D eigenvalue weighted by Gasteiger charge is 2.14. The molecule has 1 aromatic carbocycles. The van der Waals surface area contributed by atoms with Crippen LogP contribution in [0.4, 0.5) is 0 Å². The van der Waals surface area contributed by atoms with Gasteiger partial charge in [-0.1, -0.05) is 30.7 Å². The Balaban J connectivity index is 2.39. The Morgan fingerprint density at radius 2 is 1.91 bits per heavy atom. The van der Waals surface area contributed by atoms with Gasteiger partial charge in [0, 0.05) is 18.1 Å². The van der Waals surface area contributed by atoms with Crippen LogP contribution < -0.4 is 11.3 Å². The largest absolute Gasteiger partial charge is 0.439 e. The molecule has 2 heterocycles. The average Bonchev–Trinajstić information content (AvgIpc) is 2.50. The van der Waals surface area contributed by atoms with E-state index in [9.17, 15) is 9.59 Å². The van der Waals surface area contributed by atoms with Gasteiger partial charge in [-0.15, -0.1) is 0 Å². The maximum Gasteiger partial charge on any atom is 0.439 e. The Labute approximate surface area is 130 Å². The Hall–Kier alpha value is -2.40. The zero-order chi connectivity index (χ0) is 15.9. The second-order valence-electron chi connectivity index (χ2n) is 4.92. The van der Waals surface area contributed by atoms with Crippen molar-refractivity contribution >= 4 is 22.6 Å². The Bertz CT molecular complexity index is 972. The van der Waals surface area contributed by atoms with Gasteiger partial charge in [0.2, 0.25) is 0 Å². The van der Waals surface area contributed by atoms with Crippen molar-refractivity contribution in [1.29, 1.82) is 0 Å². The van der Waals surface area contributed by atoms with Gasteiger partial charge < -0.3 is 8.98 Å². The van der Waals surface area contributed by atoms with Gasteiger partial charge in [-0.25, -0.2) is 4.79 Å². The first-order valence-electron chi connectivity index (χ1n) is 6.81. The maximum atomic E-state index is 12.6. The first-order chi connectivity index (χ1) is 10.5. The molecular formula is C16H13ClN2O3. The number of hydrogen-bond acceptors (Lipinski definition) is 4. The van der Waals surface area contributed by atoms with Gasteiger partial charge in [0.15, 0.2) is 0 Å². The van der Waals surface area contributed by atoms with Crippen molar-refractivity contribution in [3.63, 3.8) is 0 Å². The zero-order valence-electron chi connectivity index (χ0n) is 12.1. The molecule has 0 aliphatic rings. The van der Waals surface area contributed by atoms with E-state index in [-0.39, 0.29) is 11.1 Å². The van der Waals surface area contributed by atoms with Crippen LogP contribution in [0.1, 0.15) is 12.6 Å². The number of halogens is 1. The number of fused-ring (bicyclic) bond motifs is 1. The summed E-state index contributed by atoms with van der Waals surface area (Å²) in [5.74, 6) is -0.695. The van der Waals surface area contributed by atoms with E-state index in [4.69, 9.17) is 16.0 Å². The molecule has 0 aliphatic heterocycles. The van der Waals surface area contributed by atoms with Crippen LogP contribution in [0.2, 0.25) is 5.02 Å². The predicted octanol–water partition coefficient (Wildman–Crippen LogP) is 2.77. The van der Waals surface area contributed by atoms with Crippen LogP contribution in [0.3, 0.4) is 0 Å². The minimum absolute atomic E-state index is 0.240. The first-order valence-corrected chi connectivity index (χ1v) is 7.18.